The molecule has 1 amide bonds. The Morgan fingerprint density at radius 2 is 2.06 bits per heavy atom. The number of thioether (sulfide) groups is 1. The summed E-state index contributed by atoms with van der Waals surface area (Å²) in [4.78, 5) is 21.1. The van der Waals surface area contributed by atoms with Crippen LogP contribution in [-0.4, -0.2) is 38.0 Å². The molecule has 0 spiro atoms. The first-order valence-corrected chi connectivity index (χ1v) is 10.1. The maximum absolute atomic E-state index is 12.7. The van der Waals surface area contributed by atoms with Crippen molar-refractivity contribution in [1.82, 2.24) is 25.1 Å². The van der Waals surface area contributed by atoms with Crippen LogP contribution in [0.2, 0.25) is 0 Å². The average molecular weight is 472 g/mol. The maximum atomic E-state index is 12.7. The molecule has 0 fully saturated rings. The highest BCUT2D eigenvalue weighted by Gasteiger charge is 2.21. The zero-order chi connectivity index (χ0) is 22.5. The molecule has 0 aliphatic heterocycles. The van der Waals surface area contributed by atoms with Gasteiger partial charge in [0, 0.05) is 10.5 Å². The Labute approximate surface area is 180 Å². The molecule has 2 heterocycles. The fraction of sp³-hybridized carbons (Fsp3) is 0.235. The van der Waals surface area contributed by atoms with Crippen LogP contribution in [0.25, 0.3) is 5.13 Å². The highest BCUT2D eigenvalue weighted by atomic mass is 32.2. The Hall–Kier alpha value is -3.18. The lowest BCUT2D eigenvalue weighted by Crippen LogP contribution is -2.28. The minimum Gasteiger partial charge on any atom is -0.435 e. The number of amides is 1. The van der Waals surface area contributed by atoms with Crippen LogP contribution in [0.4, 0.5) is 17.6 Å². The van der Waals surface area contributed by atoms with Gasteiger partial charge in [-0.25, -0.2) is 9.97 Å². The Kier molecular flexibility index (Phi) is 7.08. The first-order chi connectivity index (χ1) is 14.8. The van der Waals surface area contributed by atoms with Gasteiger partial charge >= 0.3 is 6.61 Å². The summed E-state index contributed by atoms with van der Waals surface area (Å²) < 4.78 is 56.1. The van der Waals surface area contributed by atoms with Gasteiger partial charge in [-0.2, -0.15) is 32.6 Å². The molecule has 162 valence electrons. The molecule has 0 saturated carbocycles. The summed E-state index contributed by atoms with van der Waals surface area (Å²) >= 11 is 1.16. The summed E-state index contributed by atoms with van der Waals surface area (Å²) in [6, 6.07) is 4.38. The van der Waals surface area contributed by atoms with E-state index in [9.17, 15) is 22.4 Å². The molecule has 0 aliphatic carbocycles. The molecule has 14 heteroatoms. The van der Waals surface area contributed by atoms with Gasteiger partial charge in [0.15, 0.2) is 5.82 Å². The number of benzene rings is 1. The normalized spacial score (nSPS) is 12.1. The quantitative estimate of drug-likeness (QED) is 0.390. The molecule has 0 aliphatic rings. The van der Waals surface area contributed by atoms with Gasteiger partial charge in [0.25, 0.3) is 11.7 Å². The zero-order valence-electron chi connectivity index (χ0n) is 15.5. The van der Waals surface area contributed by atoms with Crippen LogP contribution in [0.1, 0.15) is 34.0 Å². The minimum absolute atomic E-state index is 0.0941. The average Bonchev–Trinajstić information content (AvgIpc) is 3.35. The lowest BCUT2D eigenvalue weighted by atomic mass is 10.2. The van der Waals surface area contributed by atoms with Gasteiger partial charge in [0.2, 0.25) is 5.13 Å². The molecule has 31 heavy (non-hydrogen) atoms. The zero-order valence-corrected chi connectivity index (χ0v) is 17.1. The molecule has 3 aromatic rings. The van der Waals surface area contributed by atoms with Crippen LogP contribution in [0, 0.1) is 11.3 Å². The third-order valence-electron chi connectivity index (χ3n) is 3.69. The largest absolute Gasteiger partial charge is 0.435 e. The fourth-order valence-electron chi connectivity index (χ4n) is 2.50. The smallest absolute Gasteiger partial charge is 0.387 e. The Bertz CT molecular complexity index is 1090. The standard InChI is InChI=1S/C17H12F4N6O2S2/c1-8(13-24-7-25-27(13)17-23-6-12(5-22)31-17)26-14(28)9-2-10(29-15(18)19)4-11(3-9)30-16(20)21/h2-4,6-8,15-16H,1H3,(H,26,28)/t8-/m0/s1. The van der Waals surface area contributed by atoms with E-state index in [0.717, 1.165) is 29.5 Å². The van der Waals surface area contributed by atoms with E-state index in [1.165, 1.54) is 17.2 Å². The third kappa shape index (κ3) is 5.70. The van der Waals surface area contributed by atoms with Gasteiger partial charge in [0.1, 0.15) is 23.0 Å². The van der Waals surface area contributed by atoms with Crippen molar-refractivity contribution in [3.8, 4) is 17.0 Å². The van der Waals surface area contributed by atoms with Crippen molar-refractivity contribution in [2.45, 2.75) is 30.2 Å². The van der Waals surface area contributed by atoms with Crippen LogP contribution in [0.15, 0.2) is 35.6 Å². The summed E-state index contributed by atoms with van der Waals surface area (Å²) in [5, 5.41) is 15.9. The summed E-state index contributed by atoms with van der Waals surface area (Å²) in [6.45, 7) is -1.59. The molecule has 8 nitrogen and oxygen atoms in total. The van der Waals surface area contributed by atoms with Crippen molar-refractivity contribution >= 4 is 29.0 Å². The van der Waals surface area contributed by atoms with Crippen LogP contribution in [0.5, 0.6) is 5.75 Å². The number of halogens is 4. The predicted molar refractivity (Wildman–Crippen MR) is 103 cm³/mol. The van der Waals surface area contributed by atoms with E-state index in [2.05, 4.69) is 25.1 Å². The van der Waals surface area contributed by atoms with E-state index in [0.29, 0.717) is 10.0 Å². The maximum Gasteiger partial charge on any atom is 0.387 e. The van der Waals surface area contributed by atoms with Crippen molar-refractivity contribution in [1.29, 1.82) is 5.26 Å². The molecule has 1 N–H and O–H groups in total. The van der Waals surface area contributed by atoms with Gasteiger partial charge in [-0.1, -0.05) is 23.1 Å². The van der Waals surface area contributed by atoms with Crippen molar-refractivity contribution < 1.29 is 27.1 Å². The molecular formula is C17H12F4N6O2S2. The Morgan fingerprint density at radius 3 is 2.71 bits per heavy atom. The van der Waals surface area contributed by atoms with Crippen LogP contribution < -0.4 is 10.1 Å². The molecular weight excluding hydrogens is 460 g/mol. The molecule has 0 bridgehead atoms. The number of ether oxygens (including phenoxy) is 1. The number of rotatable bonds is 8. The number of carbonyl (C=O) groups is 1. The van der Waals surface area contributed by atoms with Crippen LogP contribution in [0.3, 0.4) is 0 Å². The SMILES string of the molecule is C[C@H](NC(=O)c1cc(OC(F)F)cc(SC(F)F)c1)c1ncnn1-c1ncc(C#N)s1. The summed E-state index contributed by atoms with van der Waals surface area (Å²) in [5.41, 5.74) is -0.153. The number of thiazole rings is 1. The van der Waals surface area contributed by atoms with E-state index in [1.54, 1.807) is 6.92 Å². The monoisotopic (exact) mass is 472 g/mol. The van der Waals surface area contributed by atoms with Gasteiger partial charge in [-0.05, 0) is 25.1 Å². The number of nitrogens with zero attached hydrogens (tertiary/aromatic N) is 5. The lowest BCUT2D eigenvalue weighted by molar-refractivity contribution is -0.0500. The van der Waals surface area contributed by atoms with E-state index < -0.39 is 30.1 Å². The van der Waals surface area contributed by atoms with Crippen LogP contribution >= 0.6 is 23.1 Å². The van der Waals surface area contributed by atoms with E-state index >= 15 is 0 Å². The number of aromatic nitrogens is 4. The van der Waals surface area contributed by atoms with E-state index in [1.807, 2.05) is 6.07 Å². The molecule has 0 unspecified atom stereocenters. The number of nitrogens with one attached hydrogen (secondary N) is 1. The second kappa shape index (κ2) is 9.75. The Morgan fingerprint density at radius 1 is 1.29 bits per heavy atom. The first kappa shape index (κ1) is 22.5. The molecule has 0 radical (unpaired) electrons. The van der Waals surface area contributed by atoms with Crippen molar-refractivity contribution in [3.05, 3.63) is 47.0 Å². The highest BCUT2D eigenvalue weighted by Crippen LogP contribution is 2.31. The molecule has 0 saturated heterocycles. The fourth-order valence-corrected chi connectivity index (χ4v) is 3.76. The van der Waals surface area contributed by atoms with Crippen molar-refractivity contribution in [2.75, 3.05) is 0 Å². The topological polar surface area (TPSA) is 106 Å². The highest BCUT2D eigenvalue weighted by molar-refractivity contribution is 7.99. The number of nitriles is 1. The number of carbonyl (C=O) groups excluding carboxylic acids is 1. The lowest BCUT2D eigenvalue weighted by Gasteiger charge is -2.15. The summed E-state index contributed by atoms with van der Waals surface area (Å²) in [5.74, 6) is -3.68. The van der Waals surface area contributed by atoms with E-state index in [-0.39, 0.29) is 28.0 Å². The predicted octanol–water partition coefficient (Wildman–Crippen LogP) is 4.00. The van der Waals surface area contributed by atoms with E-state index in [4.69, 9.17) is 5.26 Å². The number of hydrogen-bond donors (Lipinski definition) is 1. The second-order valence-electron chi connectivity index (χ2n) is 5.79. The van der Waals surface area contributed by atoms with Gasteiger partial charge in [-0.15, -0.1) is 0 Å². The van der Waals surface area contributed by atoms with Gasteiger partial charge in [0.05, 0.1) is 12.2 Å². The number of hydrogen-bond acceptors (Lipinski definition) is 8. The minimum atomic E-state index is -3.18. The molecule has 1 atom stereocenters. The third-order valence-corrected chi connectivity index (χ3v) is 5.25. The number of alkyl halides is 4. The Balaban J connectivity index is 1.83. The van der Waals surface area contributed by atoms with Crippen molar-refractivity contribution in [3.63, 3.8) is 0 Å². The van der Waals surface area contributed by atoms with Crippen molar-refractivity contribution in [2.24, 2.45) is 0 Å². The molecule has 2 aromatic heterocycles. The van der Waals surface area contributed by atoms with Crippen LogP contribution in [-0.2, 0) is 0 Å². The summed E-state index contributed by atoms with van der Waals surface area (Å²) in [7, 11) is 0. The van der Waals surface area contributed by atoms with Gasteiger partial charge < -0.3 is 10.1 Å². The molecule has 1 aromatic carbocycles. The second-order valence-corrected chi connectivity index (χ2v) is 7.87. The van der Waals surface area contributed by atoms with Gasteiger partial charge in [-0.3, -0.25) is 4.79 Å². The molecule has 3 rings (SSSR count). The first-order valence-electron chi connectivity index (χ1n) is 8.38. The summed E-state index contributed by atoms with van der Waals surface area (Å²) in [6.07, 6.45) is 2.60.